The maximum atomic E-state index is 5.68. The summed E-state index contributed by atoms with van der Waals surface area (Å²) >= 11 is 0. The molecule has 1 fully saturated rings. The number of morpholine rings is 1. The number of benzene rings is 1. The number of hydrogen-bond acceptors (Lipinski definition) is 3. The molecule has 1 aliphatic heterocycles. The van der Waals surface area contributed by atoms with E-state index >= 15 is 0 Å². The van der Waals surface area contributed by atoms with Crippen LogP contribution < -0.4 is 10.6 Å². The van der Waals surface area contributed by atoms with Crippen molar-refractivity contribution in [1.29, 1.82) is 0 Å². The molecule has 2 N–H and O–H groups in total. The van der Waals surface area contributed by atoms with Crippen molar-refractivity contribution >= 4 is 5.69 Å². The minimum atomic E-state index is 0.222. The van der Waals surface area contributed by atoms with Gasteiger partial charge in [-0.3, -0.25) is 0 Å². The Hall–Kier alpha value is -1.06. The molecule has 2 rings (SSSR count). The van der Waals surface area contributed by atoms with Crippen molar-refractivity contribution in [2.45, 2.75) is 38.7 Å². The van der Waals surface area contributed by atoms with Crippen molar-refractivity contribution in [1.82, 2.24) is 5.32 Å². The van der Waals surface area contributed by atoms with Crippen molar-refractivity contribution in [2.24, 2.45) is 0 Å². The van der Waals surface area contributed by atoms with Crippen LogP contribution in [0.15, 0.2) is 24.3 Å². The van der Waals surface area contributed by atoms with Gasteiger partial charge in [0.25, 0.3) is 0 Å². The zero-order valence-corrected chi connectivity index (χ0v) is 12.3. The predicted molar refractivity (Wildman–Crippen MR) is 80.9 cm³/mol. The standard InChI is InChI=1S/C16H26N2O/c1-16(2,3)13-4-6-14(7-5-13)18-9-8-15-12-17-10-11-19-15/h4-7,15,17-18H,8-12H2,1-3H3. The van der Waals surface area contributed by atoms with E-state index in [2.05, 4.69) is 55.7 Å². The van der Waals surface area contributed by atoms with Crippen molar-refractivity contribution in [2.75, 3.05) is 31.6 Å². The second-order valence-corrected chi connectivity index (χ2v) is 6.24. The molecule has 0 radical (unpaired) electrons. The molecular weight excluding hydrogens is 236 g/mol. The van der Waals surface area contributed by atoms with Crippen LogP contribution in [-0.2, 0) is 10.2 Å². The molecule has 0 spiro atoms. The second kappa shape index (κ2) is 6.40. The average molecular weight is 262 g/mol. The Kier molecular flexibility index (Phi) is 4.83. The Morgan fingerprint density at radius 3 is 2.58 bits per heavy atom. The number of hydrogen-bond donors (Lipinski definition) is 2. The van der Waals surface area contributed by atoms with Crippen molar-refractivity contribution in [3.63, 3.8) is 0 Å². The molecule has 0 amide bonds. The van der Waals surface area contributed by atoms with Gasteiger partial charge in [0, 0.05) is 25.3 Å². The summed E-state index contributed by atoms with van der Waals surface area (Å²) in [5.74, 6) is 0. The third-order valence-corrected chi connectivity index (χ3v) is 3.55. The van der Waals surface area contributed by atoms with Crippen LogP contribution in [0.3, 0.4) is 0 Å². The molecule has 1 aliphatic rings. The smallest absolute Gasteiger partial charge is 0.0716 e. The third-order valence-electron chi connectivity index (χ3n) is 3.55. The highest BCUT2D eigenvalue weighted by Gasteiger charge is 2.14. The molecule has 0 bridgehead atoms. The Bertz CT molecular complexity index is 375. The largest absolute Gasteiger partial charge is 0.385 e. The quantitative estimate of drug-likeness (QED) is 0.875. The van der Waals surface area contributed by atoms with Crippen LogP contribution in [0, 0.1) is 0 Å². The van der Waals surface area contributed by atoms with Crippen LogP contribution in [0.25, 0.3) is 0 Å². The molecule has 1 saturated heterocycles. The Morgan fingerprint density at radius 1 is 1.26 bits per heavy atom. The summed E-state index contributed by atoms with van der Waals surface area (Å²) < 4.78 is 5.68. The van der Waals surface area contributed by atoms with E-state index < -0.39 is 0 Å². The Balaban J connectivity index is 1.76. The highest BCUT2D eigenvalue weighted by atomic mass is 16.5. The lowest BCUT2D eigenvalue weighted by Crippen LogP contribution is -2.39. The van der Waals surface area contributed by atoms with Crippen molar-refractivity contribution in [3.05, 3.63) is 29.8 Å². The topological polar surface area (TPSA) is 33.3 Å². The fourth-order valence-corrected chi connectivity index (χ4v) is 2.27. The zero-order chi connectivity index (χ0) is 13.7. The van der Waals surface area contributed by atoms with Gasteiger partial charge in [-0.05, 0) is 29.5 Å². The summed E-state index contributed by atoms with van der Waals surface area (Å²) in [6.45, 7) is 10.5. The second-order valence-electron chi connectivity index (χ2n) is 6.24. The van der Waals surface area contributed by atoms with Gasteiger partial charge in [0.2, 0.25) is 0 Å². The van der Waals surface area contributed by atoms with Gasteiger partial charge < -0.3 is 15.4 Å². The number of rotatable bonds is 4. The number of ether oxygens (including phenoxy) is 1. The van der Waals surface area contributed by atoms with Crippen LogP contribution >= 0.6 is 0 Å². The average Bonchev–Trinajstić information content (AvgIpc) is 2.39. The lowest BCUT2D eigenvalue weighted by molar-refractivity contribution is 0.0258. The number of anilines is 1. The zero-order valence-electron chi connectivity index (χ0n) is 12.3. The van der Waals surface area contributed by atoms with E-state index in [-0.39, 0.29) is 5.41 Å². The molecule has 1 unspecified atom stereocenters. The molecule has 1 heterocycles. The van der Waals surface area contributed by atoms with Crippen LogP contribution in [-0.4, -0.2) is 32.3 Å². The van der Waals surface area contributed by atoms with E-state index in [1.807, 2.05) is 0 Å². The SMILES string of the molecule is CC(C)(C)c1ccc(NCCC2CNCCO2)cc1. The van der Waals surface area contributed by atoms with E-state index in [9.17, 15) is 0 Å². The lowest BCUT2D eigenvalue weighted by Gasteiger charge is -2.24. The third kappa shape index (κ3) is 4.51. The van der Waals surface area contributed by atoms with Crippen molar-refractivity contribution < 1.29 is 4.74 Å². The number of nitrogens with one attached hydrogen (secondary N) is 2. The first-order valence-electron chi connectivity index (χ1n) is 7.22. The highest BCUT2D eigenvalue weighted by Crippen LogP contribution is 2.23. The fraction of sp³-hybridized carbons (Fsp3) is 0.625. The van der Waals surface area contributed by atoms with E-state index in [0.29, 0.717) is 6.10 Å². The molecule has 3 heteroatoms. The van der Waals surface area contributed by atoms with Crippen LogP contribution in [0.4, 0.5) is 5.69 Å². The minimum absolute atomic E-state index is 0.222. The lowest BCUT2D eigenvalue weighted by atomic mass is 9.87. The van der Waals surface area contributed by atoms with Crippen LogP contribution in [0.5, 0.6) is 0 Å². The van der Waals surface area contributed by atoms with Gasteiger partial charge in [-0.25, -0.2) is 0 Å². The van der Waals surface area contributed by atoms with Gasteiger partial charge in [0.1, 0.15) is 0 Å². The van der Waals surface area contributed by atoms with E-state index in [4.69, 9.17) is 4.74 Å². The summed E-state index contributed by atoms with van der Waals surface area (Å²) in [5, 5.41) is 6.82. The van der Waals surface area contributed by atoms with Gasteiger partial charge in [-0.2, -0.15) is 0 Å². The summed E-state index contributed by atoms with van der Waals surface area (Å²) in [7, 11) is 0. The normalized spacial score (nSPS) is 20.3. The summed E-state index contributed by atoms with van der Waals surface area (Å²) in [6.07, 6.45) is 1.41. The molecule has 1 atom stereocenters. The van der Waals surface area contributed by atoms with E-state index in [0.717, 1.165) is 32.7 Å². The maximum Gasteiger partial charge on any atom is 0.0716 e. The van der Waals surface area contributed by atoms with Gasteiger partial charge in [0.15, 0.2) is 0 Å². The monoisotopic (exact) mass is 262 g/mol. The van der Waals surface area contributed by atoms with Gasteiger partial charge in [0.05, 0.1) is 12.7 Å². The summed E-state index contributed by atoms with van der Waals surface area (Å²) in [4.78, 5) is 0. The summed E-state index contributed by atoms with van der Waals surface area (Å²) in [5.41, 5.74) is 2.79. The Morgan fingerprint density at radius 2 is 2.00 bits per heavy atom. The van der Waals surface area contributed by atoms with E-state index in [1.165, 1.54) is 11.3 Å². The van der Waals surface area contributed by atoms with Crippen LogP contribution in [0.1, 0.15) is 32.8 Å². The first-order valence-corrected chi connectivity index (χ1v) is 7.22. The Labute approximate surface area is 116 Å². The molecule has 0 aliphatic carbocycles. The fourth-order valence-electron chi connectivity index (χ4n) is 2.27. The molecule has 106 valence electrons. The minimum Gasteiger partial charge on any atom is -0.385 e. The van der Waals surface area contributed by atoms with Crippen molar-refractivity contribution in [3.8, 4) is 0 Å². The van der Waals surface area contributed by atoms with Gasteiger partial charge in [-0.15, -0.1) is 0 Å². The molecule has 1 aromatic carbocycles. The predicted octanol–water partition coefficient (Wildman–Crippen LogP) is 2.77. The molecule has 0 aromatic heterocycles. The maximum absolute atomic E-state index is 5.68. The molecule has 0 saturated carbocycles. The summed E-state index contributed by atoms with van der Waals surface area (Å²) in [6, 6.07) is 8.75. The van der Waals surface area contributed by atoms with Crippen LogP contribution in [0.2, 0.25) is 0 Å². The molecule has 3 nitrogen and oxygen atoms in total. The van der Waals surface area contributed by atoms with Gasteiger partial charge >= 0.3 is 0 Å². The highest BCUT2D eigenvalue weighted by molar-refractivity contribution is 5.45. The van der Waals surface area contributed by atoms with Gasteiger partial charge in [-0.1, -0.05) is 32.9 Å². The molecule has 1 aromatic rings. The first kappa shape index (κ1) is 14.4. The first-order chi connectivity index (χ1) is 9.05. The van der Waals surface area contributed by atoms with E-state index in [1.54, 1.807) is 0 Å². The molecule has 19 heavy (non-hydrogen) atoms. The molecular formula is C16H26N2O.